The number of hydrogen-bond donors (Lipinski definition) is 0. The first-order valence-electron chi connectivity index (χ1n) is 8.40. The van der Waals surface area contributed by atoms with Gasteiger partial charge in [-0.15, -0.1) is 0 Å². The molecule has 1 heterocycles. The van der Waals surface area contributed by atoms with Crippen LogP contribution < -0.4 is 0 Å². The van der Waals surface area contributed by atoms with Crippen LogP contribution in [0.2, 0.25) is 5.02 Å². The fraction of sp³-hybridized carbons (Fsp3) is 0.250. The Morgan fingerprint density at radius 3 is 2.54 bits per heavy atom. The fourth-order valence-electron chi connectivity index (χ4n) is 2.63. The molecule has 0 aliphatic carbocycles. The molecule has 3 aromatic rings. The van der Waals surface area contributed by atoms with Gasteiger partial charge in [0.1, 0.15) is 13.2 Å². The predicted octanol–water partition coefficient (Wildman–Crippen LogP) is 3.95. The van der Waals surface area contributed by atoms with Gasteiger partial charge in [0.05, 0.1) is 0 Å². The largest absolute Gasteiger partial charge is 0.377 e. The van der Waals surface area contributed by atoms with E-state index in [0.29, 0.717) is 29.7 Å². The third-order valence-corrected chi connectivity index (χ3v) is 4.24. The smallest absolute Gasteiger partial charge is 0.181 e. The number of methoxy groups -OCH3 is 1. The van der Waals surface area contributed by atoms with Crippen LogP contribution >= 0.6 is 11.6 Å². The number of ketones is 1. The SMILES string of the molecule is COCc1nc(-c2ccc(Cl)cc2)nn1CC(=O)CCc1ccccc1. The molecular formula is C20H20ClN3O2. The van der Waals surface area contributed by atoms with Crippen molar-refractivity contribution in [1.82, 2.24) is 14.8 Å². The molecule has 0 bridgehead atoms. The van der Waals surface area contributed by atoms with Crippen molar-refractivity contribution in [2.45, 2.75) is 26.0 Å². The number of ether oxygens (including phenoxy) is 1. The highest BCUT2D eigenvalue weighted by Crippen LogP contribution is 2.19. The summed E-state index contributed by atoms with van der Waals surface area (Å²) in [6.45, 7) is 0.485. The van der Waals surface area contributed by atoms with E-state index in [0.717, 1.165) is 17.5 Å². The lowest BCUT2D eigenvalue weighted by atomic mass is 10.1. The van der Waals surface area contributed by atoms with E-state index in [2.05, 4.69) is 10.1 Å². The van der Waals surface area contributed by atoms with Gasteiger partial charge in [-0.05, 0) is 36.2 Å². The number of Topliss-reactive ketones (excluding diaryl/α,β-unsaturated/α-hetero) is 1. The van der Waals surface area contributed by atoms with Crippen molar-refractivity contribution in [2.24, 2.45) is 0 Å². The average Bonchev–Trinajstić information content (AvgIpc) is 3.04. The topological polar surface area (TPSA) is 57.0 Å². The number of hydrogen-bond acceptors (Lipinski definition) is 4. The van der Waals surface area contributed by atoms with E-state index in [9.17, 15) is 4.79 Å². The monoisotopic (exact) mass is 369 g/mol. The molecular weight excluding hydrogens is 350 g/mol. The Bertz CT molecular complexity index is 861. The molecule has 0 unspecified atom stereocenters. The van der Waals surface area contributed by atoms with Crippen molar-refractivity contribution in [3.8, 4) is 11.4 Å². The quantitative estimate of drug-likeness (QED) is 0.603. The van der Waals surface area contributed by atoms with Crippen LogP contribution in [-0.4, -0.2) is 27.7 Å². The van der Waals surface area contributed by atoms with Crippen molar-refractivity contribution in [3.05, 3.63) is 71.0 Å². The maximum atomic E-state index is 12.4. The number of nitrogens with zero attached hydrogens (tertiary/aromatic N) is 3. The van der Waals surface area contributed by atoms with Gasteiger partial charge in [-0.2, -0.15) is 5.10 Å². The summed E-state index contributed by atoms with van der Waals surface area (Å²) in [4.78, 5) is 16.9. The third kappa shape index (κ3) is 4.77. The molecule has 0 saturated carbocycles. The zero-order chi connectivity index (χ0) is 18.4. The van der Waals surface area contributed by atoms with Gasteiger partial charge >= 0.3 is 0 Å². The van der Waals surface area contributed by atoms with E-state index < -0.39 is 0 Å². The van der Waals surface area contributed by atoms with E-state index in [1.165, 1.54) is 0 Å². The summed E-state index contributed by atoms with van der Waals surface area (Å²) in [5.74, 6) is 1.30. The highest BCUT2D eigenvalue weighted by atomic mass is 35.5. The van der Waals surface area contributed by atoms with Gasteiger partial charge in [0.15, 0.2) is 17.4 Å². The lowest BCUT2D eigenvalue weighted by molar-refractivity contribution is -0.119. The second-order valence-electron chi connectivity index (χ2n) is 5.97. The Hall–Kier alpha value is -2.50. The van der Waals surface area contributed by atoms with E-state index in [1.807, 2.05) is 42.5 Å². The summed E-state index contributed by atoms with van der Waals surface area (Å²) in [5.41, 5.74) is 2.00. The fourth-order valence-corrected chi connectivity index (χ4v) is 2.76. The van der Waals surface area contributed by atoms with Gasteiger partial charge in [0.25, 0.3) is 0 Å². The van der Waals surface area contributed by atoms with Crippen LogP contribution in [0.15, 0.2) is 54.6 Å². The number of carbonyl (C=O) groups is 1. The molecule has 0 aliphatic rings. The van der Waals surface area contributed by atoms with E-state index in [1.54, 1.807) is 23.9 Å². The Balaban J connectivity index is 1.71. The zero-order valence-corrected chi connectivity index (χ0v) is 15.3. The van der Waals surface area contributed by atoms with Crippen molar-refractivity contribution < 1.29 is 9.53 Å². The average molecular weight is 370 g/mol. The minimum absolute atomic E-state index is 0.110. The molecule has 0 fully saturated rings. The second kappa shape index (κ2) is 8.74. The molecule has 5 nitrogen and oxygen atoms in total. The number of rotatable bonds is 8. The first kappa shape index (κ1) is 18.3. The first-order valence-corrected chi connectivity index (χ1v) is 8.77. The van der Waals surface area contributed by atoms with Crippen LogP contribution in [0.3, 0.4) is 0 Å². The molecule has 2 aromatic carbocycles. The summed E-state index contributed by atoms with van der Waals surface area (Å²) in [6.07, 6.45) is 1.19. The molecule has 0 spiro atoms. The summed E-state index contributed by atoms with van der Waals surface area (Å²) >= 11 is 5.93. The van der Waals surface area contributed by atoms with Crippen molar-refractivity contribution in [1.29, 1.82) is 0 Å². The molecule has 0 radical (unpaired) electrons. The van der Waals surface area contributed by atoms with Gasteiger partial charge in [-0.25, -0.2) is 9.67 Å². The normalized spacial score (nSPS) is 10.8. The van der Waals surface area contributed by atoms with Crippen molar-refractivity contribution >= 4 is 17.4 Å². The van der Waals surface area contributed by atoms with E-state index in [4.69, 9.17) is 16.3 Å². The van der Waals surface area contributed by atoms with E-state index in [-0.39, 0.29) is 12.3 Å². The molecule has 134 valence electrons. The second-order valence-corrected chi connectivity index (χ2v) is 6.41. The number of aryl methyl sites for hydroxylation is 1. The van der Waals surface area contributed by atoms with Crippen LogP contribution in [-0.2, 0) is 29.1 Å². The number of aromatic nitrogens is 3. The number of benzene rings is 2. The van der Waals surface area contributed by atoms with Crippen LogP contribution in [0.25, 0.3) is 11.4 Å². The summed E-state index contributed by atoms with van der Waals surface area (Å²) < 4.78 is 6.82. The summed E-state index contributed by atoms with van der Waals surface area (Å²) in [5, 5.41) is 5.14. The van der Waals surface area contributed by atoms with Crippen LogP contribution in [0.5, 0.6) is 0 Å². The molecule has 0 atom stereocenters. The maximum Gasteiger partial charge on any atom is 0.181 e. The summed E-state index contributed by atoms with van der Waals surface area (Å²) in [7, 11) is 1.60. The summed E-state index contributed by atoms with van der Waals surface area (Å²) in [6, 6.07) is 17.3. The predicted molar refractivity (Wildman–Crippen MR) is 101 cm³/mol. The number of halogens is 1. The van der Waals surface area contributed by atoms with Gasteiger partial charge in [0, 0.05) is 24.1 Å². The van der Waals surface area contributed by atoms with Gasteiger partial charge in [-0.1, -0.05) is 41.9 Å². The van der Waals surface area contributed by atoms with Crippen molar-refractivity contribution in [2.75, 3.05) is 7.11 Å². The maximum absolute atomic E-state index is 12.4. The molecule has 26 heavy (non-hydrogen) atoms. The lowest BCUT2D eigenvalue weighted by Gasteiger charge is -2.05. The molecule has 0 N–H and O–H groups in total. The van der Waals surface area contributed by atoms with Gasteiger partial charge < -0.3 is 4.74 Å². The molecule has 1 aromatic heterocycles. The van der Waals surface area contributed by atoms with Crippen LogP contribution in [0.1, 0.15) is 17.8 Å². The lowest BCUT2D eigenvalue weighted by Crippen LogP contribution is -2.15. The van der Waals surface area contributed by atoms with Gasteiger partial charge in [0.2, 0.25) is 0 Å². The first-order chi connectivity index (χ1) is 12.7. The minimum Gasteiger partial charge on any atom is -0.377 e. The van der Waals surface area contributed by atoms with Crippen LogP contribution in [0, 0.1) is 0 Å². The van der Waals surface area contributed by atoms with Crippen molar-refractivity contribution in [3.63, 3.8) is 0 Å². The highest BCUT2D eigenvalue weighted by Gasteiger charge is 2.14. The molecule has 0 amide bonds. The number of carbonyl (C=O) groups excluding carboxylic acids is 1. The van der Waals surface area contributed by atoms with Gasteiger partial charge in [-0.3, -0.25) is 4.79 Å². The Morgan fingerprint density at radius 1 is 1.12 bits per heavy atom. The molecule has 0 saturated heterocycles. The van der Waals surface area contributed by atoms with E-state index >= 15 is 0 Å². The highest BCUT2D eigenvalue weighted by molar-refractivity contribution is 6.30. The van der Waals surface area contributed by atoms with Crippen LogP contribution in [0.4, 0.5) is 0 Å². The molecule has 3 rings (SSSR count). The third-order valence-electron chi connectivity index (χ3n) is 3.99. The molecule has 6 heteroatoms. The Labute approximate surface area is 157 Å². The minimum atomic E-state index is 0.110. The Morgan fingerprint density at radius 2 is 1.85 bits per heavy atom. The standard InChI is InChI=1S/C20H20ClN3O2/c1-26-14-19-22-20(16-8-10-17(21)11-9-16)23-24(19)13-18(25)12-7-15-5-3-2-4-6-15/h2-6,8-11H,7,12-14H2,1H3. The molecule has 0 aliphatic heterocycles. The zero-order valence-electron chi connectivity index (χ0n) is 14.6. The Kier molecular flexibility index (Phi) is 6.15.